The average Bonchev–Trinajstić information content (AvgIpc) is 2.54. The van der Waals surface area contributed by atoms with Crippen LogP contribution >= 0.6 is 11.8 Å². The number of thioether (sulfide) groups is 1. The molecule has 0 unspecified atom stereocenters. The molecule has 0 atom stereocenters. The van der Waals surface area contributed by atoms with Crippen LogP contribution in [-0.2, 0) is 4.74 Å². The number of carbonyl (C=O) groups is 2. The molecule has 0 aliphatic rings. The summed E-state index contributed by atoms with van der Waals surface area (Å²) in [5.41, 5.74) is 5.96. The van der Waals surface area contributed by atoms with Crippen molar-refractivity contribution < 1.29 is 14.3 Å². The highest BCUT2D eigenvalue weighted by Crippen LogP contribution is 2.24. The molecule has 2 N–H and O–H groups in total. The quantitative estimate of drug-likeness (QED) is 0.383. The van der Waals surface area contributed by atoms with Crippen molar-refractivity contribution in [1.82, 2.24) is 15.0 Å². The molecular formula is C14H14N4O3S. The van der Waals surface area contributed by atoms with Gasteiger partial charge in [-0.15, -0.1) is 11.8 Å². The van der Waals surface area contributed by atoms with Crippen LogP contribution in [0.5, 0.6) is 0 Å². The number of ether oxygens (including phenoxy) is 1. The first-order valence-corrected chi connectivity index (χ1v) is 7.64. The lowest BCUT2D eigenvalue weighted by atomic mass is 10.1. The summed E-state index contributed by atoms with van der Waals surface area (Å²) in [6, 6.07) is 3.07. The molecule has 0 fully saturated rings. The molecule has 22 heavy (non-hydrogen) atoms. The number of aromatic nitrogens is 3. The normalized spacial score (nSPS) is 10.3. The zero-order chi connectivity index (χ0) is 16.1. The highest BCUT2D eigenvalue weighted by molar-refractivity contribution is 7.98. The Hall–Kier alpha value is -2.48. The second-order valence-electron chi connectivity index (χ2n) is 4.10. The number of carbonyl (C=O) groups excluding carboxylic acids is 2. The molecule has 0 saturated heterocycles. The third-order valence-electron chi connectivity index (χ3n) is 2.72. The second kappa shape index (κ2) is 6.99. The fourth-order valence-electron chi connectivity index (χ4n) is 1.80. The van der Waals surface area contributed by atoms with Crippen LogP contribution in [0.2, 0.25) is 0 Å². The van der Waals surface area contributed by atoms with E-state index in [4.69, 9.17) is 10.5 Å². The van der Waals surface area contributed by atoms with Crippen molar-refractivity contribution in [2.45, 2.75) is 11.9 Å². The number of nitrogens with zero attached hydrogens (tertiary/aromatic N) is 3. The molecule has 2 heterocycles. The number of anilines is 1. The number of ketones is 1. The van der Waals surface area contributed by atoms with E-state index in [1.807, 2.05) is 0 Å². The largest absolute Gasteiger partial charge is 0.462 e. The van der Waals surface area contributed by atoms with Crippen LogP contribution in [0.4, 0.5) is 5.95 Å². The maximum absolute atomic E-state index is 12.6. The molecule has 0 amide bonds. The van der Waals surface area contributed by atoms with E-state index in [1.165, 1.54) is 36.3 Å². The average molecular weight is 318 g/mol. The van der Waals surface area contributed by atoms with Crippen molar-refractivity contribution in [2.75, 3.05) is 18.6 Å². The van der Waals surface area contributed by atoms with Gasteiger partial charge in [-0.25, -0.2) is 14.8 Å². The standard InChI is InChI=1S/C14H14N4O3S/c1-3-21-13(20)9-10(17-14(15)18-12(9)22-2)11(19)8-4-6-16-7-5-8/h4-7H,3H2,1-2H3,(H2,15,17,18). The van der Waals surface area contributed by atoms with Gasteiger partial charge in [0.2, 0.25) is 11.7 Å². The third kappa shape index (κ3) is 3.22. The predicted molar refractivity (Wildman–Crippen MR) is 81.9 cm³/mol. The van der Waals surface area contributed by atoms with Crippen molar-refractivity contribution >= 4 is 29.5 Å². The van der Waals surface area contributed by atoms with Gasteiger partial charge in [-0.2, -0.15) is 0 Å². The molecule has 2 rings (SSSR count). The van der Waals surface area contributed by atoms with Crippen LogP contribution in [-0.4, -0.2) is 39.6 Å². The fraction of sp³-hybridized carbons (Fsp3) is 0.214. The third-order valence-corrected chi connectivity index (χ3v) is 3.41. The summed E-state index contributed by atoms with van der Waals surface area (Å²) in [6.45, 7) is 1.86. The van der Waals surface area contributed by atoms with Crippen LogP contribution in [0.3, 0.4) is 0 Å². The number of nitrogen functional groups attached to an aromatic ring is 1. The molecule has 0 spiro atoms. The van der Waals surface area contributed by atoms with Gasteiger partial charge in [-0.1, -0.05) is 0 Å². The van der Waals surface area contributed by atoms with E-state index in [0.717, 1.165) is 0 Å². The van der Waals surface area contributed by atoms with Gasteiger partial charge in [0.1, 0.15) is 16.3 Å². The lowest BCUT2D eigenvalue weighted by Crippen LogP contribution is -2.18. The minimum atomic E-state index is -0.649. The van der Waals surface area contributed by atoms with Crippen LogP contribution in [0.25, 0.3) is 0 Å². The summed E-state index contributed by atoms with van der Waals surface area (Å²) >= 11 is 1.19. The van der Waals surface area contributed by atoms with Gasteiger partial charge in [0.15, 0.2) is 0 Å². The highest BCUT2D eigenvalue weighted by atomic mass is 32.2. The molecule has 0 aliphatic heterocycles. The summed E-state index contributed by atoms with van der Waals surface area (Å²) in [6.07, 6.45) is 4.69. The number of hydrogen-bond acceptors (Lipinski definition) is 8. The van der Waals surface area contributed by atoms with Crippen LogP contribution in [0, 0.1) is 0 Å². The Labute approximate surface area is 131 Å². The van der Waals surface area contributed by atoms with Gasteiger partial charge in [0.05, 0.1) is 6.61 Å². The molecule has 0 aromatic carbocycles. The predicted octanol–water partition coefficient (Wildman–Crippen LogP) is 1.58. The summed E-state index contributed by atoms with van der Waals surface area (Å²) < 4.78 is 5.00. The first-order chi connectivity index (χ1) is 10.6. The van der Waals surface area contributed by atoms with Gasteiger partial charge >= 0.3 is 5.97 Å². The molecule has 114 valence electrons. The molecule has 7 nitrogen and oxygen atoms in total. The summed E-state index contributed by atoms with van der Waals surface area (Å²) in [5, 5.41) is 0.309. The van der Waals surface area contributed by atoms with Gasteiger partial charge in [-0.3, -0.25) is 9.78 Å². The summed E-state index contributed by atoms with van der Waals surface area (Å²) in [7, 11) is 0. The lowest BCUT2D eigenvalue weighted by molar-refractivity contribution is 0.0517. The number of hydrogen-bond donors (Lipinski definition) is 1. The zero-order valence-corrected chi connectivity index (χ0v) is 12.9. The minimum Gasteiger partial charge on any atom is -0.462 e. The van der Waals surface area contributed by atoms with Crippen molar-refractivity contribution in [3.63, 3.8) is 0 Å². The summed E-state index contributed by atoms with van der Waals surface area (Å²) in [4.78, 5) is 36.6. The molecule has 0 bridgehead atoms. The highest BCUT2D eigenvalue weighted by Gasteiger charge is 2.26. The zero-order valence-electron chi connectivity index (χ0n) is 12.1. The number of rotatable bonds is 5. The van der Waals surface area contributed by atoms with Crippen LogP contribution in [0.15, 0.2) is 29.6 Å². The van der Waals surface area contributed by atoms with Gasteiger partial charge in [0.25, 0.3) is 0 Å². The van der Waals surface area contributed by atoms with Gasteiger partial charge in [-0.05, 0) is 25.3 Å². The van der Waals surface area contributed by atoms with Crippen LogP contribution in [0.1, 0.15) is 33.3 Å². The van der Waals surface area contributed by atoms with E-state index >= 15 is 0 Å². The lowest BCUT2D eigenvalue weighted by Gasteiger charge is -2.11. The maximum Gasteiger partial charge on any atom is 0.343 e. The van der Waals surface area contributed by atoms with Crippen molar-refractivity contribution in [2.24, 2.45) is 0 Å². The molecule has 0 saturated carbocycles. The topological polar surface area (TPSA) is 108 Å². The SMILES string of the molecule is CCOC(=O)c1c(SC)nc(N)nc1C(=O)c1ccncc1. The van der Waals surface area contributed by atoms with E-state index in [-0.39, 0.29) is 23.8 Å². The molecule has 0 aliphatic carbocycles. The first-order valence-electron chi connectivity index (χ1n) is 6.41. The van der Waals surface area contributed by atoms with E-state index in [2.05, 4.69) is 15.0 Å². The van der Waals surface area contributed by atoms with E-state index in [0.29, 0.717) is 10.6 Å². The number of nitrogens with two attached hydrogens (primary N) is 1. The molecular weight excluding hydrogens is 304 g/mol. The van der Waals surface area contributed by atoms with Gasteiger partial charge in [0, 0.05) is 18.0 Å². The van der Waals surface area contributed by atoms with Crippen molar-refractivity contribution in [3.05, 3.63) is 41.3 Å². The minimum absolute atomic E-state index is 0.0327. The number of esters is 1. The molecule has 0 radical (unpaired) electrons. The summed E-state index contributed by atoms with van der Waals surface area (Å²) in [5.74, 6) is -1.16. The van der Waals surface area contributed by atoms with E-state index in [9.17, 15) is 9.59 Å². The Balaban J connectivity index is 2.61. The van der Waals surface area contributed by atoms with Crippen molar-refractivity contribution in [1.29, 1.82) is 0 Å². The first kappa shape index (κ1) is 15.9. The smallest absolute Gasteiger partial charge is 0.343 e. The second-order valence-corrected chi connectivity index (χ2v) is 4.90. The molecule has 2 aromatic rings. The van der Waals surface area contributed by atoms with E-state index in [1.54, 1.807) is 13.2 Å². The van der Waals surface area contributed by atoms with E-state index < -0.39 is 11.8 Å². The van der Waals surface area contributed by atoms with Gasteiger partial charge < -0.3 is 10.5 Å². The Morgan fingerprint density at radius 3 is 2.55 bits per heavy atom. The Bertz CT molecular complexity index is 707. The van der Waals surface area contributed by atoms with Crippen LogP contribution < -0.4 is 5.73 Å². The molecule has 8 heteroatoms. The number of pyridine rings is 1. The Morgan fingerprint density at radius 1 is 1.27 bits per heavy atom. The Morgan fingerprint density at radius 2 is 1.95 bits per heavy atom. The fourth-order valence-corrected chi connectivity index (χ4v) is 2.36. The van der Waals surface area contributed by atoms with Crippen molar-refractivity contribution in [3.8, 4) is 0 Å². The maximum atomic E-state index is 12.6. The monoisotopic (exact) mass is 318 g/mol. The molecule has 2 aromatic heterocycles. The Kier molecular flexibility index (Phi) is 5.05.